The molecule has 5 heteroatoms. The van der Waals surface area contributed by atoms with Gasteiger partial charge in [-0.15, -0.1) is 0 Å². The number of hydrogen-bond acceptors (Lipinski definition) is 4. The molecule has 1 amide bonds. The predicted molar refractivity (Wildman–Crippen MR) is 101 cm³/mol. The van der Waals surface area contributed by atoms with Crippen LogP contribution in [-0.4, -0.2) is 25.1 Å². The van der Waals surface area contributed by atoms with E-state index in [1.165, 1.54) is 7.11 Å². The van der Waals surface area contributed by atoms with Crippen LogP contribution in [0.3, 0.4) is 0 Å². The number of esters is 1. The summed E-state index contributed by atoms with van der Waals surface area (Å²) in [5.41, 5.74) is 8.33. The van der Waals surface area contributed by atoms with Gasteiger partial charge in [0.05, 0.1) is 26.2 Å². The molecule has 5 nitrogen and oxygen atoms in total. The maximum Gasteiger partial charge on any atom is 0.306 e. The molecule has 0 saturated heterocycles. The minimum atomic E-state index is -0.275. The summed E-state index contributed by atoms with van der Waals surface area (Å²) in [6.07, 6.45) is 1.95. The number of rotatable bonds is 9. The molecule has 1 aromatic rings. The first-order valence-corrected chi connectivity index (χ1v) is 8.88. The Hall–Kier alpha value is -2.32. The number of nitrogens with two attached hydrogens (primary N) is 1. The summed E-state index contributed by atoms with van der Waals surface area (Å²) in [6.45, 7) is 6.62. The molecule has 142 valence electrons. The predicted octanol–water partition coefficient (Wildman–Crippen LogP) is 3.11. The lowest BCUT2D eigenvalue weighted by atomic mass is 9.99. The lowest BCUT2D eigenvalue weighted by Gasteiger charge is -2.20. The maximum absolute atomic E-state index is 11.0. The molecule has 0 spiro atoms. The van der Waals surface area contributed by atoms with Crippen molar-refractivity contribution in [3.8, 4) is 11.8 Å². The number of carbonyl (C=O) groups is 2. The smallest absolute Gasteiger partial charge is 0.306 e. The van der Waals surface area contributed by atoms with Crippen molar-refractivity contribution < 1.29 is 19.1 Å². The number of primary amides is 1. The van der Waals surface area contributed by atoms with E-state index in [-0.39, 0.29) is 23.9 Å². The van der Waals surface area contributed by atoms with Crippen LogP contribution >= 0.6 is 0 Å². The minimum Gasteiger partial charge on any atom is -0.469 e. The summed E-state index contributed by atoms with van der Waals surface area (Å²) in [7, 11) is 1.37. The van der Waals surface area contributed by atoms with E-state index in [1.54, 1.807) is 0 Å². The van der Waals surface area contributed by atoms with E-state index in [0.717, 1.165) is 23.1 Å². The van der Waals surface area contributed by atoms with Gasteiger partial charge in [0.25, 0.3) is 0 Å². The van der Waals surface area contributed by atoms with Crippen molar-refractivity contribution in [3.05, 3.63) is 34.9 Å². The van der Waals surface area contributed by atoms with Crippen LogP contribution in [0.5, 0.6) is 0 Å². The number of carbonyl (C=O) groups excluding carboxylic acids is 2. The fraction of sp³-hybridized carbons (Fsp3) is 0.524. The Morgan fingerprint density at radius 3 is 2.58 bits per heavy atom. The molecule has 26 heavy (non-hydrogen) atoms. The molecule has 1 aromatic carbocycles. The Kier molecular flexibility index (Phi) is 9.46. The van der Waals surface area contributed by atoms with Crippen LogP contribution in [0.2, 0.25) is 0 Å². The highest BCUT2D eigenvalue weighted by Gasteiger charge is 2.14. The quantitative estimate of drug-likeness (QED) is 0.543. The molecule has 0 saturated carbocycles. The first kappa shape index (κ1) is 21.7. The first-order chi connectivity index (χ1) is 12.3. The molecule has 0 aliphatic heterocycles. The van der Waals surface area contributed by atoms with Gasteiger partial charge in [0.1, 0.15) is 0 Å². The maximum atomic E-state index is 11.0. The third kappa shape index (κ3) is 8.17. The van der Waals surface area contributed by atoms with Gasteiger partial charge in [-0.25, -0.2) is 0 Å². The fourth-order valence-electron chi connectivity index (χ4n) is 2.36. The Balaban J connectivity index is 2.53. The highest BCUT2D eigenvalue weighted by atomic mass is 16.5. The largest absolute Gasteiger partial charge is 0.469 e. The molecular formula is C21H29NO4. The molecule has 0 fully saturated rings. The summed E-state index contributed by atoms with van der Waals surface area (Å²) in [6, 6.07) is 5.99. The molecule has 0 bridgehead atoms. The zero-order valence-electron chi connectivity index (χ0n) is 16.1. The topological polar surface area (TPSA) is 78.6 Å². The Morgan fingerprint density at radius 1 is 1.23 bits per heavy atom. The van der Waals surface area contributed by atoms with Gasteiger partial charge in [0.15, 0.2) is 0 Å². The van der Waals surface area contributed by atoms with Crippen molar-refractivity contribution >= 4 is 11.9 Å². The van der Waals surface area contributed by atoms with E-state index in [9.17, 15) is 9.59 Å². The molecule has 2 atom stereocenters. The van der Waals surface area contributed by atoms with Gasteiger partial charge in [-0.05, 0) is 49.4 Å². The van der Waals surface area contributed by atoms with E-state index in [2.05, 4.69) is 23.5 Å². The van der Waals surface area contributed by atoms with E-state index in [0.29, 0.717) is 25.9 Å². The normalized spacial score (nSPS) is 12.6. The zero-order valence-corrected chi connectivity index (χ0v) is 16.1. The molecule has 1 rings (SSSR count). The van der Waals surface area contributed by atoms with Crippen molar-refractivity contribution in [2.24, 2.45) is 11.7 Å². The molecule has 0 radical (unpaired) electrons. The third-order valence-corrected chi connectivity index (χ3v) is 4.41. The second kappa shape index (κ2) is 11.3. The van der Waals surface area contributed by atoms with Crippen molar-refractivity contribution in [1.29, 1.82) is 0 Å². The van der Waals surface area contributed by atoms with Crippen LogP contribution in [0.25, 0.3) is 0 Å². The average Bonchev–Trinajstić information content (AvgIpc) is 2.61. The molecule has 0 heterocycles. The van der Waals surface area contributed by atoms with Crippen molar-refractivity contribution in [3.63, 3.8) is 0 Å². The highest BCUT2D eigenvalue weighted by molar-refractivity contribution is 5.73. The summed E-state index contributed by atoms with van der Waals surface area (Å²) in [5, 5.41) is 0. The monoisotopic (exact) mass is 359 g/mol. The number of benzene rings is 1. The Bertz CT molecular complexity index is 672. The molecule has 0 aromatic heterocycles. The van der Waals surface area contributed by atoms with Crippen LogP contribution in [0.1, 0.15) is 56.2 Å². The van der Waals surface area contributed by atoms with Crippen LogP contribution in [0, 0.1) is 24.7 Å². The highest BCUT2D eigenvalue weighted by Crippen LogP contribution is 2.17. The second-order valence-corrected chi connectivity index (χ2v) is 6.52. The van der Waals surface area contributed by atoms with Crippen molar-refractivity contribution in [1.82, 2.24) is 0 Å². The number of methoxy groups -OCH3 is 1. The van der Waals surface area contributed by atoms with E-state index in [4.69, 9.17) is 10.5 Å². The van der Waals surface area contributed by atoms with Crippen molar-refractivity contribution in [2.45, 2.75) is 59.2 Å². The molecule has 0 aliphatic rings. The summed E-state index contributed by atoms with van der Waals surface area (Å²) >= 11 is 0. The van der Waals surface area contributed by atoms with E-state index in [1.807, 2.05) is 32.0 Å². The Morgan fingerprint density at radius 2 is 1.96 bits per heavy atom. The van der Waals surface area contributed by atoms with Crippen LogP contribution in [0.4, 0.5) is 0 Å². The summed E-state index contributed by atoms with van der Waals surface area (Å²) < 4.78 is 10.5. The standard InChI is InChI=1S/C21H29NO4/c1-15(9-12-20(22)23)17(3)26-14-19-11-10-18(13-16(19)2)7-5-6-8-21(24)25-4/h10-11,13,15,17H,6,8-9,12,14H2,1-4H3,(H2,22,23)/t15-,17+/m0/s1. The van der Waals surface area contributed by atoms with Gasteiger partial charge < -0.3 is 15.2 Å². The van der Waals surface area contributed by atoms with Crippen molar-refractivity contribution in [2.75, 3.05) is 7.11 Å². The average molecular weight is 359 g/mol. The van der Waals surface area contributed by atoms with Crippen LogP contribution in [-0.2, 0) is 25.7 Å². The van der Waals surface area contributed by atoms with Crippen LogP contribution in [0.15, 0.2) is 18.2 Å². The van der Waals surface area contributed by atoms with E-state index >= 15 is 0 Å². The number of hydrogen-bond donors (Lipinski definition) is 1. The lowest BCUT2D eigenvalue weighted by Crippen LogP contribution is -2.21. The summed E-state index contributed by atoms with van der Waals surface area (Å²) in [4.78, 5) is 21.9. The zero-order chi connectivity index (χ0) is 19.5. The van der Waals surface area contributed by atoms with Gasteiger partial charge in [-0.1, -0.05) is 24.8 Å². The van der Waals surface area contributed by atoms with Gasteiger partial charge in [0.2, 0.25) is 5.91 Å². The fourth-order valence-corrected chi connectivity index (χ4v) is 2.36. The van der Waals surface area contributed by atoms with Crippen LogP contribution < -0.4 is 5.73 Å². The van der Waals surface area contributed by atoms with E-state index < -0.39 is 0 Å². The number of ether oxygens (including phenoxy) is 2. The third-order valence-electron chi connectivity index (χ3n) is 4.41. The second-order valence-electron chi connectivity index (χ2n) is 6.52. The minimum absolute atomic E-state index is 0.0477. The molecular weight excluding hydrogens is 330 g/mol. The lowest BCUT2D eigenvalue weighted by molar-refractivity contribution is -0.140. The van der Waals surface area contributed by atoms with Gasteiger partial charge >= 0.3 is 5.97 Å². The van der Waals surface area contributed by atoms with Gasteiger partial charge in [0, 0.05) is 18.4 Å². The molecule has 2 N–H and O–H groups in total. The Labute approximate surface area is 156 Å². The van der Waals surface area contributed by atoms with Gasteiger partial charge in [-0.2, -0.15) is 0 Å². The molecule has 0 aliphatic carbocycles. The summed E-state index contributed by atoms with van der Waals surface area (Å²) in [5.74, 6) is 5.79. The SMILES string of the molecule is COC(=O)CCC#Cc1ccc(CO[C@H](C)[C@@H](C)CCC(N)=O)c(C)c1. The number of aryl methyl sites for hydroxylation is 1. The number of amides is 1. The molecule has 0 unspecified atom stereocenters. The first-order valence-electron chi connectivity index (χ1n) is 8.88. The van der Waals surface area contributed by atoms with Gasteiger partial charge in [-0.3, -0.25) is 9.59 Å².